The van der Waals surface area contributed by atoms with Crippen LogP contribution in [0.5, 0.6) is 11.5 Å². The molecule has 0 amide bonds. The predicted molar refractivity (Wildman–Crippen MR) is 154 cm³/mol. The van der Waals surface area contributed by atoms with Gasteiger partial charge in [-0.15, -0.1) is 0 Å². The van der Waals surface area contributed by atoms with Gasteiger partial charge in [0.25, 0.3) is 6.47 Å². The molecule has 5 aromatic rings. The largest absolute Gasteiger partial charge is 0.478 e. The number of ether oxygens (including phenoxy) is 2. The molecule has 0 fully saturated rings. The molecule has 40 heavy (non-hydrogen) atoms. The molecule has 6 nitrogen and oxygen atoms in total. The highest BCUT2D eigenvalue weighted by Gasteiger charge is 2.17. The molecule has 0 bridgehead atoms. The van der Waals surface area contributed by atoms with Crippen LogP contribution in [0.15, 0.2) is 109 Å². The first-order valence-corrected chi connectivity index (χ1v) is 12.6. The Morgan fingerprint density at radius 2 is 1.05 bits per heavy atom. The number of carbonyl (C=O) groups excluding carboxylic acids is 1. The van der Waals surface area contributed by atoms with E-state index in [1.807, 2.05) is 43.3 Å². The van der Waals surface area contributed by atoms with E-state index in [1.54, 1.807) is 36.4 Å². The maximum absolute atomic E-state index is 11.5. The number of aromatic carboxylic acids is 1. The second kappa shape index (κ2) is 11.7. The summed E-state index contributed by atoms with van der Waals surface area (Å²) in [4.78, 5) is 22.3. The van der Waals surface area contributed by atoms with Gasteiger partial charge >= 0.3 is 5.97 Å². The van der Waals surface area contributed by atoms with Crippen molar-refractivity contribution >= 4 is 12.4 Å². The molecule has 0 saturated heterocycles. The maximum atomic E-state index is 11.5. The first-order valence-electron chi connectivity index (χ1n) is 12.6. The molecule has 0 radical (unpaired) electrons. The van der Waals surface area contributed by atoms with Gasteiger partial charge in [0.2, 0.25) is 0 Å². The van der Waals surface area contributed by atoms with Gasteiger partial charge in [-0.2, -0.15) is 0 Å². The van der Waals surface area contributed by atoms with Crippen LogP contribution in [0, 0.1) is 6.92 Å². The number of hydrogen-bond acceptors (Lipinski definition) is 5. The van der Waals surface area contributed by atoms with Crippen LogP contribution in [0.4, 0.5) is 0 Å². The van der Waals surface area contributed by atoms with Crippen molar-refractivity contribution in [3.05, 3.63) is 120 Å². The van der Waals surface area contributed by atoms with Gasteiger partial charge in [0.05, 0.1) is 5.56 Å². The SMILES string of the molecule is Cc1ccc(-c2cc(-c3ccc(OC=O)cc3)c(-c3ccc(OCO)cc3)cc2-c2ccc(C(=O)O)cc2)cc1. The summed E-state index contributed by atoms with van der Waals surface area (Å²) < 4.78 is 10.2. The first kappa shape index (κ1) is 26.4. The van der Waals surface area contributed by atoms with Gasteiger partial charge in [-0.25, -0.2) is 4.79 Å². The highest BCUT2D eigenvalue weighted by atomic mass is 16.6. The van der Waals surface area contributed by atoms with Gasteiger partial charge in [-0.3, -0.25) is 4.79 Å². The number of carboxylic acids is 1. The molecule has 5 aromatic carbocycles. The van der Waals surface area contributed by atoms with E-state index in [0.29, 0.717) is 18.0 Å². The molecule has 0 saturated carbocycles. The molecule has 6 heteroatoms. The second-order valence-electron chi connectivity index (χ2n) is 9.23. The number of rotatable bonds is 9. The minimum atomic E-state index is -0.978. The van der Waals surface area contributed by atoms with E-state index in [0.717, 1.165) is 50.1 Å². The number of aliphatic hydroxyl groups is 1. The third-order valence-corrected chi connectivity index (χ3v) is 6.71. The standard InChI is InChI=1S/C34H26O6/c1-22-2-4-23(5-3-22)30-18-32(25-10-14-28(15-11-25)39-20-35)33(26-12-16-29(17-13-26)40-21-36)19-31(30)24-6-8-27(9-7-24)34(37)38/h2-20,36H,21H2,1H3,(H,37,38). The molecule has 5 rings (SSSR count). The Bertz CT molecular complexity index is 1640. The predicted octanol–water partition coefficient (Wildman–Crippen LogP) is 7.23. The lowest BCUT2D eigenvalue weighted by molar-refractivity contribution is -0.120. The average Bonchev–Trinajstić information content (AvgIpc) is 2.98. The van der Waals surface area contributed by atoms with Crippen molar-refractivity contribution in [3.63, 3.8) is 0 Å². The zero-order chi connectivity index (χ0) is 28.1. The molecule has 0 unspecified atom stereocenters. The van der Waals surface area contributed by atoms with Gasteiger partial charge in [0.15, 0.2) is 6.79 Å². The summed E-state index contributed by atoms with van der Waals surface area (Å²) in [6, 6.07) is 34.1. The van der Waals surface area contributed by atoms with Gasteiger partial charge < -0.3 is 19.7 Å². The smallest absolute Gasteiger partial charge is 0.335 e. The van der Waals surface area contributed by atoms with Crippen LogP contribution in [-0.4, -0.2) is 29.4 Å². The fraction of sp³-hybridized carbons (Fsp3) is 0.0588. The molecule has 0 atom stereocenters. The van der Waals surface area contributed by atoms with E-state index in [-0.39, 0.29) is 5.56 Å². The van der Waals surface area contributed by atoms with Crippen LogP contribution in [0.2, 0.25) is 0 Å². The van der Waals surface area contributed by atoms with Crippen molar-refractivity contribution in [2.75, 3.05) is 6.79 Å². The number of carboxylic acid groups (broad SMARTS) is 1. The molecule has 0 aliphatic heterocycles. The normalized spacial score (nSPS) is 10.7. The molecule has 0 aliphatic carbocycles. The monoisotopic (exact) mass is 530 g/mol. The zero-order valence-corrected chi connectivity index (χ0v) is 21.7. The van der Waals surface area contributed by atoms with Gasteiger partial charge in [-0.05, 0) is 100.0 Å². The Kier molecular flexibility index (Phi) is 7.71. The minimum absolute atomic E-state index is 0.217. The van der Waals surface area contributed by atoms with E-state index in [9.17, 15) is 14.7 Å². The van der Waals surface area contributed by atoms with E-state index >= 15 is 0 Å². The van der Waals surface area contributed by atoms with Crippen molar-refractivity contribution in [3.8, 4) is 56.0 Å². The van der Waals surface area contributed by atoms with E-state index < -0.39 is 12.8 Å². The molecule has 198 valence electrons. The van der Waals surface area contributed by atoms with Crippen LogP contribution in [0.25, 0.3) is 44.5 Å². The molecular weight excluding hydrogens is 504 g/mol. The number of aliphatic hydroxyl groups excluding tert-OH is 1. The Labute approximate surface area is 231 Å². The summed E-state index contributed by atoms with van der Waals surface area (Å²) in [5.41, 5.74) is 8.91. The number of hydrogen-bond donors (Lipinski definition) is 2. The summed E-state index contributed by atoms with van der Waals surface area (Å²) in [5.74, 6) is 0.0113. The van der Waals surface area contributed by atoms with Crippen molar-refractivity contribution in [2.45, 2.75) is 6.92 Å². The van der Waals surface area contributed by atoms with Crippen LogP contribution in [-0.2, 0) is 4.79 Å². The fourth-order valence-corrected chi connectivity index (χ4v) is 4.65. The second-order valence-corrected chi connectivity index (χ2v) is 9.23. The number of aryl methyl sites for hydroxylation is 1. The highest BCUT2D eigenvalue weighted by Crippen LogP contribution is 2.42. The summed E-state index contributed by atoms with van der Waals surface area (Å²) in [6.45, 7) is 2.02. The Morgan fingerprint density at radius 1 is 0.650 bits per heavy atom. The lowest BCUT2D eigenvalue weighted by Crippen LogP contribution is -1.97. The topological polar surface area (TPSA) is 93.1 Å². The van der Waals surface area contributed by atoms with Gasteiger partial charge in [-0.1, -0.05) is 66.2 Å². The third kappa shape index (κ3) is 5.62. The van der Waals surface area contributed by atoms with Crippen LogP contribution < -0.4 is 9.47 Å². The average molecular weight is 531 g/mol. The maximum Gasteiger partial charge on any atom is 0.335 e. The molecule has 2 N–H and O–H groups in total. The number of carbonyl (C=O) groups is 2. The lowest BCUT2D eigenvalue weighted by Gasteiger charge is -2.19. The molecule has 0 aliphatic rings. The van der Waals surface area contributed by atoms with E-state index in [1.165, 1.54) is 0 Å². The highest BCUT2D eigenvalue weighted by molar-refractivity contribution is 5.96. The van der Waals surface area contributed by atoms with Crippen molar-refractivity contribution < 1.29 is 29.3 Å². The summed E-state index contributed by atoms with van der Waals surface area (Å²) in [7, 11) is 0. The van der Waals surface area contributed by atoms with Gasteiger partial charge in [0, 0.05) is 0 Å². The molecule has 0 heterocycles. The van der Waals surface area contributed by atoms with E-state index in [2.05, 4.69) is 36.4 Å². The first-order chi connectivity index (χ1) is 19.5. The summed E-state index contributed by atoms with van der Waals surface area (Å²) in [5, 5.41) is 18.6. The Morgan fingerprint density at radius 3 is 1.45 bits per heavy atom. The summed E-state index contributed by atoms with van der Waals surface area (Å²) >= 11 is 0. The van der Waals surface area contributed by atoms with E-state index in [4.69, 9.17) is 14.6 Å². The Balaban J connectivity index is 1.76. The number of benzene rings is 5. The Hall–Kier alpha value is -5.20. The van der Waals surface area contributed by atoms with Crippen LogP contribution in [0.1, 0.15) is 15.9 Å². The van der Waals surface area contributed by atoms with Crippen LogP contribution >= 0.6 is 0 Å². The van der Waals surface area contributed by atoms with Crippen molar-refractivity contribution in [2.24, 2.45) is 0 Å². The quantitative estimate of drug-likeness (QED) is 0.154. The molecule has 0 spiro atoms. The minimum Gasteiger partial charge on any atom is -0.478 e. The van der Waals surface area contributed by atoms with Crippen LogP contribution in [0.3, 0.4) is 0 Å². The zero-order valence-electron chi connectivity index (χ0n) is 21.7. The van der Waals surface area contributed by atoms with Gasteiger partial charge in [0.1, 0.15) is 11.5 Å². The fourth-order valence-electron chi connectivity index (χ4n) is 4.65. The van der Waals surface area contributed by atoms with Crippen molar-refractivity contribution in [1.82, 2.24) is 0 Å². The van der Waals surface area contributed by atoms with Crippen molar-refractivity contribution in [1.29, 1.82) is 0 Å². The third-order valence-electron chi connectivity index (χ3n) is 6.71. The lowest BCUT2D eigenvalue weighted by atomic mass is 9.85. The molecule has 0 aromatic heterocycles. The summed E-state index contributed by atoms with van der Waals surface area (Å²) in [6.07, 6.45) is 0. The molecular formula is C34H26O6.